The lowest BCUT2D eigenvalue weighted by molar-refractivity contribution is -0.284. The minimum absolute atomic E-state index is 0.307. The van der Waals surface area contributed by atoms with Gasteiger partial charge in [0.2, 0.25) is 0 Å². The van der Waals surface area contributed by atoms with Crippen molar-refractivity contribution in [1.82, 2.24) is 0 Å². The van der Waals surface area contributed by atoms with E-state index in [2.05, 4.69) is 6.92 Å². The Bertz CT molecular complexity index is 323. The zero-order valence-corrected chi connectivity index (χ0v) is 14.8. The molecule has 0 spiro atoms. The smallest absolute Gasteiger partial charge is 0.349 e. The summed E-state index contributed by atoms with van der Waals surface area (Å²) in [5, 5.41) is 0. The molecule has 0 saturated carbocycles. The third kappa shape index (κ3) is 5.59. The van der Waals surface area contributed by atoms with E-state index in [0.29, 0.717) is 32.5 Å². The van der Waals surface area contributed by atoms with Crippen molar-refractivity contribution >= 4 is 11.9 Å². The lowest BCUT2D eigenvalue weighted by Gasteiger charge is -2.34. The van der Waals surface area contributed by atoms with Gasteiger partial charge >= 0.3 is 11.9 Å². The van der Waals surface area contributed by atoms with Crippen molar-refractivity contribution < 1.29 is 24.1 Å². The van der Waals surface area contributed by atoms with Crippen molar-refractivity contribution in [2.45, 2.75) is 73.1 Å². The third-order valence-electron chi connectivity index (χ3n) is 4.28. The topological polar surface area (TPSA) is 61.8 Å². The summed E-state index contributed by atoms with van der Waals surface area (Å²) >= 11 is 0. The Morgan fingerprint density at radius 1 is 1.00 bits per heavy atom. The fourth-order valence-corrected chi connectivity index (χ4v) is 2.79. The van der Waals surface area contributed by atoms with E-state index < -0.39 is 17.3 Å². The summed E-state index contributed by atoms with van der Waals surface area (Å²) in [6, 6.07) is 0. The Balaban J connectivity index is 4.89. The van der Waals surface area contributed by atoms with Crippen LogP contribution in [0, 0.1) is 11.3 Å². The Morgan fingerprint density at radius 3 is 2.09 bits per heavy atom. The average molecular weight is 316 g/mol. The number of hydrogen-bond donors (Lipinski definition) is 0. The van der Waals surface area contributed by atoms with Crippen molar-refractivity contribution in [1.29, 1.82) is 0 Å². The Labute approximate surface area is 134 Å². The Kier molecular flexibility index (Phi) is 10.9. The summed E-state index contributed by atoms with van der Waals surface area (Å²) in [4.78, 5) is 34.7. The van der Waals surface area contributed by atoms with Crippen LogP contribution in [0.2, 0.25) is 0 Å². The molecular formula is C17H32O5. The van der Waals surface area contributed by atoms with E-state index in [0.717, 1.165) is 19.3 Å². The van der Waals surface area contributed by atoms with Crippen LogP contribution in [-0.4, -0.2) is 25.2 Å². The molecule has 0 aromatic heterocycles. The van der Waals surface area contributed by atoms with Crippen LogP contribution in [0.25, 0.3) is 0 Å². The zero-order chi connectivity index (χ0) is 17.0. The SMILES string of the molecule is CCCCCOOC(=O)C(CC)(CC)C(CC)C(=O)OCC. The lowest BCUT2D eigenvalue weighted by atomic mass is 9.70. The molecule has 0 radical (unpaired) electrons. The molecule has 0 aromatic rings. The van der Waals surface area contributed by atoms with Crippen molar-refractivity contribution in [3.63, 3.8) is 0 Å². The highest BCUT2D eigenvalue weighted by molar-refractivity contribution is 5.85. The minimum Gasteiger partial charge on any atom is -0.466 e. The van der Waals surface area contributed by atoms with Gasteiger partial charge in [0, 0.05) is 0 Å². The van der Waals surface area contributed by atoms with E-state index in [9.17, 15) is 9.59 Å². The number of carbonyl (C=O) groups excluding carboxylic acids is 2. The van der Waals surface area contributed by atoms with Gasteiger partial charge < -0.3 is 4.74 Å². The van der Waals surface area contributed by atoms with Gasteiger partial charge in [0.1, 0.15) is 0 Å². The van der Waals surface area contributed by atoms with Crippen molar-refractivity contribution in [3.05, 3.63) is 0 Å². The number of hydrogen-bond acceptors (Lipinski definition) is 5. The molecule has 22 heavy (non-hydrogen) atoms. The predicted octanol–water partition coefficient (Wildman–Crippen LogP) is 4.05. The van der Waals surface area contributed by atoms with Gasteiger partial charge in [-0.1, -0.05) is 40.5 Å². The molecule has 5 nitrogen and oxygen atoms in total. The zero-order valence-electron chi connectivity index (χ0n) is 14.8. The minimum atomic E-state index is -0.883. The van der Waals surface area contributed by atoms with Crippen LogP contribution in [0.5, 0.6) is 0 Å². The summed E-state index contributed by atoms with van der Waals surface area (Å²) in [6.07, 6.45) is 4.52. The molecule has 0 aliphatic rings. The molecule has 0 fully saturated rings. The number of carbonyl (C=O) groups is 2. The van der Waals surface area contributed by atoms with Crippen molar-refractivity contribution in [2.24, 2.45) is 11.3 Å². The number of rotatable bonds is 12. The Hall–Kier alpha value is -1.10. The maximum atomic E-state index is 12.5. The molecule has 1 unspecified atom stereocenters. The lowest BCUT2D eigenvalue weighted by Crippen LogP contribution is -2.43. The summed E-state index contributed by atoms with van der Waals surface area (Å²) in [7, 11) is 0. The summed E-state index contributed by atoms with van der Waals surface area (Å²) in [5.74, 6) is -1.31. The summed E-state index contributed by atoms with van der Waals surface area (Å²) in [5.41, 5.74) is -0.883. The molecule has 1 atom stereocenters. The van der Waals surface area contributed by atoms with Gasteiger partial charge in [-0.2, -0.15) is 4.89 Å². The monoisotopic (exact) mass is 316 g/mol. The highest BCUT2D eigenvalue weighted by atomic mass is 17.2. The van der Waals surface area contributed by atoms with E-state index >= 15 is 0 Å². The van der Waals surface area contributed by atoms with E-state index in [1.54, 1.807) is 6.92 Å². The van der Waals surface area contributed by atoms with Crippen LogP contribution in [0.4, 0.5) is 0 Å². The first kappa shape index (κ1) is 20.9. The second-order valence-electron chi connectivity index (χ2n) is 5.48. The largest absolute Gasteiger partial charge is 0.466 e. The van der Waals surface area contributed by atoms with Gasteiger partial charge in [0.15, 0.2) is 0 Å². The van der Waals surface area contributed by atoms with E-state index in [1.165, 1.54) is 0 Å². The second kappa shape index (κ2) is 11.5. The van der Waals surface area contributed by atoms with Crippen LogP contribution >= 0.6 is 0 Å². The first-order chi connectivity index (χ1) is 10.5. The second-order valence-corrected chi connectivity index (χ2v) is 5.48. The molecule has 0 aromatic carbocycles. The number of ether oxygens (including phenoxy) is 1. The fraction of sp³-hybridized carbons (Fsp3) is 0.882. The van der Waals surface area contributed by atoms with Crippen LogP contribution in [0.3, 0.4) is 0 Å². The van der Waals surface area contributed by atoms with Gasteiger partial charge in [0.05, 0.1) is 24.5 Å². The summed E-state index contributed by atoms with van der Waals surface area (Å²) in [6.45, 7) is 10.2. The molecule has 0 amide bonds. The number of unbranched alkanes of at least 4 members (excludes halogenated alkanes) is 2. The molecule has 5 heteroatoms. The molecule has 130 valence electrons. The molecule has 0 saturated heterocycles. The van der Waals surface area contributed by atoms with Crippen LogP contribution < -0.4 is 0 Å². The maximum Gasteiger partial charge on any atom is 0.349 e. The molecule has 0 aliphatic carbocycles. The van der Waals surface area contributed by atoms with E-state index in [1.807, 2.05) is 20.8 Å². The highest BCUT2D eigenvalue weighted by Crippen LogP contribution is 2.39. The Morgan fingerprint density at radius 2 is 1.64 bits per heavy atom. The van der Waals surface area contributed by atoms with Crippen LogP contribution in [0.15, 0.2) is 0 Å². The third-order valence-corrected chi connectivity index (χ3v) is 4.28. The fourth-order valence-electron chi connectivity index (χ4n) is 2.79. The first-order valence-corrected chi connectivity index (χ1v) is 8.54. The molecule has 0 rings (SSSR count). The van der Waals surface area contributed by atoms with E-state index in [4.69, 9.17) is 14.5 Å². The molecule has 0 aliphatic heterocycles. The molecule has 0 N–H and O–H groups in total. The van der Waals surface area contributed by atoms with Gasteiger partial charge in [-0.25, -0.2) is 4.79 Å². The number of esters is 1. The standard InChI is InChI=1S/C17H32O5/c1-6-11-12-13-21-22-16(19)17(8-3,9-4)14(7-2)15(18)20-10-5/h14H,6-13H2,1-5H3. The quantitative estimate of drug-likeness (QED) is 0.235. The molecule has 0 heterocycles. The molecule has 0 bridgehead atoms. The van der Waals surface area contributed by atoms with Crippen LogP contribution in [0.1, 0.15) is 73.1 Å². The highest BCUT2D eigenvalue weighted by Gasteiger charge is 2.48. The predicted molar refractivity (Wildman–Crippen MR) is 85.0 cm³/mol. The van der Waals surface area contributed by atoms with Crippen LogP contribution in [-0.2, 0) is 24.1 Å². The van der Waals surface area contributed by atoms with Crippen molar-refractivity contribution in [2.75, 3.05) is 13.2 Å². The van der Waals surface area contributed by atoms with Crippen molar-refractivity contribution in [3.8, 4) is 0 Å². The van der Waals surface area contributed by atoms with Gasteiger partial charge in [0.25, 0.3) is 0 Å². The normalized spacial score (nSPS) is 12.8. The van der Waals surface area contributed by atoms with Gasteiger partial charge in [-0.15, -0.1) is 0 Å². The average Bonchev–Trinajstić information content (AvgIpc) is 2.52. The molecular weight excluding hydrogens is 284 g/mol. The summed E-state index contributed by atoms with van der Waals surface area (Å²) < 4.78 is 5.12. The van der Waals surface area contributed by atoms with Gasteiger partial charge in [-0.05, 0) is 32.6 Å². The van der Waals surface area contributed by atoms with Gasteiger partial charge in [-0.3, -0.25) is 9.68 Å². The first-order valence-electron chi connectivity index (χ1n) is 8.54. The maximum absolute atomic E-state index is 12.5. The van der Waals surface area contributed by atoms with E-state index in [-0.39, 0.29) is 5.97 Å².